The Morgan fingerprint density at radius 2 is 1.88 bits per heavy atom. The maximum atomic E-state index is 13.5. The molecule has 0 unspecified atom stereocenters. The Morgan fingerprint density at radius 3 is 2.47 bits per heavy atom. The van der Waals surface area contributed by atoms with E-state index in [2.05, 4.69) is 5.32 Å². The van der Waals surface area contributed by atoms with Gasteiger partial charge in [0.1, 0.15) is 11.6 Å². The lowest BCUT2D eigenvalue weighted by molar-refractivity contribution is 0.0996. The monoisotopic (exact) mass is 240 g/mol. The van der Waals surface area contributed by atoms with Gasteiger partial charge in [0.25, 0.3) is 5.91 Å². The predicted molar refractivity (Wildman–Crippen MR) is 60.8 cm³/mol. The number of anilines is 1. The van der Waals surface area contributed by atoms with Gasteiger partial charge in [-0.1, -0.05) is 12.8 Å². The molecule has 5 heteroatoms. The second-order valence-corrected chi connectivity index (χ2v) is 4.30. The summed E-state index contributed by atoms with van der Waals surface area (Å²) in [4.78, 5) is 11.0. The van der Waals surface area contributed by atoms with Gasteiger partial charge in [-0.2, -0.15) is 0 Å². The molecule has 0 aliphatic heterocycles. The molecule has 2 rings (SSSR count). The highest BCUT2D eigenvalue weighted by molar-refractivity contribution is 5.94. The summed E-state index contributed by atoms with van der Waals surface area (Å²) in [7, 11) is 0. The number of hydrogen-bond acceptors (Lipinski definition) is 2. The van der Waals surface area contributed by atoms with Gasteiger partial charge in [-0.05, 0) is 18.9 Å². The maximum Gasteiger partial charge on any atom is 0.251 e. The Kier molecular flexibility index (Phi) is 3.26. The van der Waals surface area contributed by atoms with E-state index in [1.165, 1.54) is 0 Å². The molecular weight excluding hydrogens is 226 g/mol. The zero-order valence-electron chi connectivity index (χ0n) is 9.30. The molecule has 0 aromatic heterocycles. The van der Waals surface area contributed by atoms with Crippen LogP contribution in [0.1, 0.15) is 36.0 Å². The Labute approximate surface area is 98.0 Å². The molecule has 1 fully saturated rings. The lowest BCUT2D eigenvalue weighted by atomic mass is 10.1. The summed E-state index contributed by atoms with van der Waals surface area (Å²) >= 11 is 0. The molecule has 1 amide bonds. The number of primary amides is 1. The minimum absolute atomic E-state index is 0.145. The van der Waals surface area contributed by atoms with Crippen molar-refractivity contribution in [3.05, 3.63) is 29.3 Å². The van der Waals surface area contributed by atoms with Crippen LogP contribution in [-0.2, 0) is 0 Å². The van der Waals surface area contributed by atoms with Gasteiger partial charge in [-0.3, -0.25) is 4.79 Å². The number of carbonyl (C=O) groups excluding carboxylic acids is 1. The van der Waals surface area contributed by atoms with Gasteiger partial charge < -0.3 is 11.1 Å². The van der Waals surface area contributed by atoms with Crippen molar-refractivity contribution < 1.29 is 13.6 Å². The average Bonchev–Trinajstić information content (AvgIpc) is 2.74. The van der Waals surface area contributed by atoms with Gasteiger partial charge >= 0.3 is 0 Å². The second kappa shape index (κ2) is 4.69. The quantitative estimate of drug-likeness (QED) is 0.852. The predicted octanol–water partition coefficient (Wildman–Crippen LogP) is 2.42. The lowest BCUT2D eigenvalue weighted by Gasteiger charge is -2.15. The summed E-state index contributed by atoms with van der Waals surface area (Å²) < 4.78 is 26.7. The van der Waals surface area contributed by atoms with Crippen molar-refractivity contribution in [1.29, 1.82) is 0 Å². The lowest BCUT2D eigenvalue weighted by Crippen LogP contribution is -2.18. The number of hydrogen-bond donors (Lipinski definition) is 2. The SMILES string of the molecule is NC(=O)c1cc(NC2CCCC2)c(F)cc1F. The van der Waals surface area contributed by atoms with Crippen LogP contribution in [0.3, 0.4) is 0 Å². The first kappa shape index (κ1) is 11.8. The molecular formula is C12H14F2N2O. The van der Waals surface area contributed by atoms with Gasteiger partial charge in [0.2, 0.25) is 0 Å². The van der Waals surface area contributed by atoms with Crippen molar-refractivity contribution in [3.63, 3.8) is 0 Å². The minimum atomic E-state index is -0.924. The fraction of sp³-hybridized carbons (Fsp3) is 0.417. The molecule has 1 aliphatic carbocycles. The number of amides is 1. The molecule has 0 atom stereocenters. The summed E-state index contributed by atoms with van der Waals surface area (Å²) in [5.41, 5.74) is 4.87. The van der Waals surface area contributed by atoms with Gasteiger partial charge in [0.15, 0.2) is 0 Å². The highest BCUT2D eigenvalue weighted by Gasteiger charge is 2.18. The van der Waals surface area contributed by atoms with Crippen LogP contribution < -0.4 is 11.1 Å². The molecule has 17 heavy (non-hydrogen) atoms. The number of nitrogens with two attached hydrogens (primary N) is 1. The Hall–Kier alpha value is -1.65. The topological polar surface area (TPSA) is 55.1 Å². The minimum Gasteiger partial charge on any atom is -0.380 e. The summed E-state index contributed by atoms with van der Waals surface area (Å²) in [6, 6.07) is 2.03. The van der Waals surface area contributed by atoms with Crippen LogP contribution in [0.2, 0.25) is 0 Å². The first-order chi connectivity index (χ1) is 8.08. The molecule has 1 aromatic carbocycles. The largest absolute Gasteiger partial charge is 0.380 e. The van der Waals surface area contributed by atoms with E-state index in [0.29, 0.717) is 6.07 Å². The zero-order valence-corrected chi connectivity index (χ0v) is 9.30. The second-order valence-electron chi connectivity index (χ2n) is 4.30. The molecule has 1 aliphatic rings. The third kappa shape index (κ3) is 2.54. The fourth-order valence-corrected chi connectivity index (χ4v) is 2.14. The maximum absolute atomic E-state index is 13.5. The highest BCUT2D eigenvalue weighted by Crippen LogP contribution is 2.25. The Balaban J connectivity index is 2.26. The van der Waals surface area contributed by atoms with E-state index >= 15 is 0 Å². The number of rotatable bonds is 3. The van der Waals surface area contributed by atoms with Gasteiger partial charge in [0, 0.05) is 12.1 Å². The smallest absolute Gasteiger partial charge is 0.251 e. The summed E-state index contributed by atoms with van der Waals surface area (Å²) in [5.74, 6) is -2.51. The van der Waals surface area contributed by atoms with Crippen molar-refractivity contribution in [2.24, 2.45) is 5.73 Å². The Bertz CT molecular complexity index is 442. The average molecular weight is 240 g/mol. The molecule has 3 nitrogen and oxygen atoms in total. The number of halogens is 2. The van der Waals surface area contributed by atoms with Crippen LogP contribution in [-0.4, -0.2) is 11.9 Å². The van der Waals surface area contributed by atoms with Crippen LogP contribution in [0.15, 0.2) is 12.1 Å². The van der Waals surface area contributed by atoms with E-state index < -0.39 is 17.5 Å². The van der Waals surface area contributed by atoms with Crippen molar-refractivity contribution in [2.45, 2.75) is 31.7 Å². The van der Waals surface area contributed by atoms with Crippen molar-refractivity contribution in [2.75, 3.05) is 5.32 Å². The van der Waals surface area contributed by atoms with Gasteiger partial charge in [0.05, 0.1) is 11.3 Å². The standard InChI is InChI=1S/C12H14F2N2O/c13-9-6-10(14)11(5-8(9)12(15)17)16-7-3-1-2-4-7/h5-7,16H,1-4H2,(H2,15,17). The first-order valence-electron chi connectivity index (χ1n) is 5.63. The van der Waals surface area contributed by atoms with E-state index in [1.54, 1.807) is 0 Å². The van der Waals surface area contributed by atoms with Gasteiger partial charge in [-0.15, -0.1) is 0 Å². The molecule has 1 saturated carbocycles. The molecule has 1 aromatic rings. The summed E-state index contributed by atoms with van der Waals surface area (Å²) in [6.45, 7) is 0. The third-order valence-electron chi connectivity index (χ3n) is 3.04. The van der Waals surface area contributed by atoms with Crippen LogP contribution in [0, 0.1) is 11.6 Å². The van der Waals surface area contributed by atoms with E-state index in [0.717, 1.165) is 31.7 Å². The number of carbonyl (C=O) groups is 1. The fourth-order valence-electron chi connectivity index (χ4n) is 2.14. The highest BCUT2D eigenvalue weighted by atomic mass is 19.1. The van der Waals surface area contributed by atoms with Crippen molar-refractivity contribution in [1.82, 2.24) is 0 Å². The first-order valence-corrected chi connectivity index (χ1v) is 5.63. The molecule has 0 saturated heterocycles. The van der Waals surface area contributed by atoms with E-state index in [4.69, 9.17) is 5.73 Å². The van der Waals surface area contributed by atoms with Crippen LogP contribution in [0.25, 0.3) is 0 Å². The van der Waals surface area contributed by atoms with Crippen LogP contribution in [0.4, 0.5) is 14.5 Å². The van der Waals surface area contributed by atoms with Crippen LogP contribution in [0.5, 0.6) is 0 Å². The molecule has 3 N–H and O–H groups in total. The Morgan fingerprint density at radius 1 is 1.24 bits per heavy atom. The third-order valence-corrected chi connectivity index (χ3v) is 3.04. The number of nitrogens with one attached hydrogen (secondary N) is 1. The molecule has 0 bridgehead atoms. The zero-order chi connectivity index (χ0) is 12.4. The summed E-state index contributed by atoms with van der Waals surface area (Å²) in [6.07, 6.45) is 4.12. The van der Waals surface area contributed by atoms with Crippen molar-refractivity contribution >= 4 is 11.6 Å². The van der Waals surface area contributed by atoms with Crippen LogP contribution >= 0.6 is 0 Å². The molecule has 0 spiro atoms. The molecule has 0 heterocycles. The molecule has 0 radical (unpaired) electrons. The normalized spacial score (nSPS) is 16.1. The van der Waals surface area contributed by atoms with E-state index in [9.17, 15) is 13.6 Å². The number of benzene rings is 1. The molecule has 92 valence electrons. The van der Waals surface area contributed by atoms with Gasteiger partial charge in [-0.25, -0.2) is 8.78 Å². The van der Waals surface area contributed by atoms with E-state index in [-0.39, 0.29) is 17.3 Å². The van der Waals surface area contributed by atoms with E-state index in [1.807, 2.05) is 0 Å². The summed E-state index contributed by atoms with van der Waals surface area (Å²) in [5, 5.41) is 2.98. The van der Waals surface area contributed by atoms with Crippen molar-refractivity contribution in [3.8, 4) is 0 Å².